The van der Waals surface area contributed by atoms with Crippen molar-refractivity contribution in [1.29, 1.82) is 0 Å². The van der Waals surface area contributed by atoms with Crippen LogP contribution in [0.1, 0.15) is 10.4 Å². The van der Waals surface area contributed by atoms with Gasteiger partial charge in [0.15, 0.2) is 0 Å². The highest BCUT2D eigenvalue weighted by Gasteiger charge is 2.41. The first-order valence-electron chi connectivity index (χ1n) is 5.81. The summed E-state index contributed by atoms with van der Waals surface area (Å²) < 4.78 is 17.0. The predicted molar refractivity (Wildman–Crippen MR) is 70.0 cm³/mol. The Kier molecular flexibility index (Phi) is 3.07. The number of hydrogen-bond donors (Lipinski definition) is 0. The SMILES string of the molecule is COc1ccc(C2(c3cccs3)OCCO2)cc1. The largest absolute Gasteiger partial charge is 0.497 e. The Labute approximate surface area is 110 Å². The normalized spacial score (nSPS) is 17.8. The third-order valence-corrected chi connectivity index (χ3v) is 3.96. The van der Waals surface area contributed by atoms with Gasteiger partial charge in [0.05, 0.1) is 25.2 Å². The van der Waals surface area contributed by atoms with E-state index in [1.54, 1.807) is 18.4 Å². The molecule has 0 spiro atoms. The molecule has 1 saturated heterocycles. The number of benzene rings is 1. The Balaban J connectivity index is 2.03. The summed E-state index contributed by atoms with van der Waals surface area (Å²) in [5.41, 5.74) is 1.00. The quantitative estimate of drug-likeness (QED) is 0.851. The van der Waals surface area contributed by atoms with Gasteiger partial charge in [-0.1, -0.05) is 6.07 Å². The van der Waals surface area contributed by atoms with Crippen LogP contribution in [0.5, 0.6) is 5.75 Å². The van der Waals surface area contributed by atoms with E-state index in [1.165, 1.54) is 0 Å². The van der Waals surface area contributed by atoms with Crippen molar-refractivity contribution in [2.24, 2.45) is 0 Å². The van der Waals surface area contributed by atoms with E-state index < -0.39 is 5.79 Å². The maximum absolute atomic E-state index is 5.89. The molecule has 0 amide bonds. The van der Waals surface area contributed by atoms with Crippen molar-refractivity contribution < 1.29 is 14.2 Å². The van der Waals surface area contributed by atoms with E-state index in [0.717, 1.165) is 16.2 Å². The minimum absolute atomic E-state index is 0.615. The highest BCUT2D eigenvalue weighted by molar-refractivity contribution is 7.10. The molecule has 3 rings (SSSR count). The molecule has 0 bridgehead atoms. The van der Waals surface area contributed by atoms with E-state index in [9.17, 15) is 0 Å². The highest BCUT2D eigenvalue weighted by Crippen LogP contribution is 2.40. The van der Waals surface area contributed by atoms with Gasteiger partial charge in [-0.25, -0.2) is 0 Å². The molecule has 4 heteroatoms. The summed E-state index contributed by atoms with van der Waals surface area (Å²) in [6.45, 7) is 1.23. The van der Waals surface area contributed by atoms with Crippen molar-refractivity contribution >= 4 is 11.3 Å². The lowest BCUT2D eigenvalue weighted by Crippen LogP contribution is -2.27. The number of methoxy groups -OCH3 is 1. The Morgan fingerprint density at radius 1 is 1.11 bits per heavy atom. The summed E-state index contributed by atoms with van der Waals surface area (Å²) >= 11 is 1.64. The van der Waals surface area contributed by atoms with E-state index in [0.29, 0.717) is 13.2 Å². The maximum atomic E-state index is 5.89. The van der Waals surface area contributed by atoms with E-state index in [2.05, 4.69) is 0 Å². The number of hydrogen-bond acceptors (Lipinski definition) is 4. The third kappa shape index (κ3) is 1.82. The monoisotopic (exact) mass is 262 g/mol. The van der Waals surface area contributed by atoms with Crippen LogP contribution in [-0.4, -0.2) is 20.3 Å². The van der Waals surface area contributed by atoms with E-state index >= 15 is 0 Å². The Morgan fingerprint density at radius 2 is 1.83 bits per heavy atom. The second-order valence-corrected chi connectivity index (χ2v) is 4.97. The van der Waals surface area contributed by atoms with Gasteiger partial charge in [-0.15, -0.1) is 11.3 Å². The Hall–Kier alpha value is -1.36. The molecule has 0 saturated carbocycles. The zero-order chi connectivity index (χ0) is 12.4. The average molecular weight is 262 g/mol. The fourth-order valence-electron chi connectivity index (χ4n) is 2.14. The van der Waals surface area contributed by atoms with Crippen molar-refractivity contribution in [2.75, 3.05) is 20.3 Å². The number of rotatable bonds is 3. The number of thiophene rings is 1. The molecule has 3 nitrogen and oxygen atoms in total. The van der Waals surface area contributed by atoms with Crippen molar-refractivity contribution in [2.45, 2.75) is 5.79 Å². The zero-order valence-electron chi connectivity index (χ0n) is 10.1. The smallest absolute Gasteiger partial charge is 0.232 e. The molecular weight excluding hydrogens is 248 g/mol. The molecule has 0 unspecified atom stereocenters. The zero-order valence-corrected chi connectivity index (χ0v) is 10.9. The lowest BCUT2D eigenvalue weighted by Gasteiger charge is -2.26. The van der Waals surface area contributed by atoms with Crippen LogP contribution in [0, 0.1) is 0 Å². The van der Waals surface area contributed by atoms with E-state index in [4.69, 9.17) is 14.2 Å². The molecule has 94 valence electrons. The van der Waals surface area contributed by atoms with Crippen molar-refractivity contribution in [3.8, 4) is 5.75 Å². The molecule has 1 aliphatic heterocycles. The first-order valence-corrected chi connectivity index (χ1v) is 6.69. The molecule has 2 heterocycles. The van der Waals surface area contributed by atoms with Gasteiger partial charge in [-0.2, -0.15) is 0 Å². The Bertz CT molecular complexity index is 498. The van der Waals surface area contributed by atoms with Crippen LogP contribution in [0.25, 0.3) is 0 Å². The second-order valence-electron chi connectivity index (χ2n) is 4.02. The van der Waals surface area contributed by atoms with Gasteiger partial charge in [0.1, 0.15) is 5.75 Å². The molecule has 1 aromatic heterocycles. The summed E-state index contributed by atoms with van der Waals surface area (Å²) in [6.07, 6.45) is 0. The summed E-state index contributed by atoms with van der Waals surface area (Å²) in [7, 11) is 1.66. The standard InChI is InChI=1S/C14H14O3S/c1-15-12-6-4-11(5-7-12)14(16-8-9-17-14)13-3-2-10-18-13/h2-7,10H,8-9H2,1H3. The van der Waals surface area contributed by atoms with Gasteiger partial charge in [0, 0.05) is 5.56 Å². The lowest BCUT2D eigenvalue weighted by atomic mass is 10.0. The molecule has 0 aliphatic carbocycles. The average Bonchev–Trinajstić information content (AvgIpc) is 3.10. The maximum Gasteiger partial charge on any atom is 0.232 e. The fraction of sp³-hybridized carbons (Fsp3) is 0.286. The van der Waals surface area contributed by atoms with Gasteiger partial charge in [-0.05, 0) is 35.7 Å². The first kappa shape index (κ1) is 11.7. The first-order chi connectivity index (χ1) is 8.85. The van der Waals surface area contributed by atoms with Gasteiger partial charge in [0.2, 0.25) is 5.79 Å². The lowest BCUT2D eigenvalue weighted by molar-refractivity contribution is -0.127. The van der Waals surface area contributed by atoms with Crippen LogP contribution >= 0.6 is 11.3 Å². The Morgan fingerprint density at radius 3 is 2.39 bits per heavy atom. The van der Waals surface area contributed by atoms with Crippen LogP contribution in [0.2, 0.25) is 0 Å². The van der Waals surface area contributed by atoms with Gasteiger partial charge >= 0.3 is 0 Å². The molecule has 1 fully saturated rings. The molecular formula is C14H14O3S. The topological polar surface area (TPSA) is 27.7 Å². The van der Waals surface area contributed by atoms with E-state index in [1.807, 2.05) is 41.8 Å². The molecule has 18 heavy (non-hydrogen) atoms. The predicted octanol–water partition coefficient (Wildman–Crippen LogP) is 3.00. The minimum atomic E-state index is -0.736. The molecule has 2 aromatic rings. The number of ether oxygens (including phenoxy) is 3. The fourth-order valence-corrected chi connectivity index (χ4v) is 2.99. The molecule has 0 radical (unpaired) electrons. The summed E-state index contributed by atoms with van der Waals surface area (Å²) in [5.74, 6) is 0.0959. The van der Waals surface area contributed by atoms with Crippen LogP contribution in [0.15, 0.2) is 41.8 Å². The minimum Gasteiger partial charge on any atom is -0.497 e. The highest BCUT2D eigenvalue weighted by atomic mass is 32.1. The van der Waals surface area contributed by atoms with Crippen molar-refractivity contribution in [1.82, 2.24) is 0 Å². The summed E-state index contributed by atoms with van der Waals surface area (Å²) in [6, 6.07) is 11.9. The van der Waals surface area contributed by atoms with Gasteiger partial charge in [-0.3, -0.25) is 0 Å². The summed E-state index contributed by atoms with van der Waals surface area (Å²) in [5, 5.41) is 2.03. The van der Waals surface area contributed by atoms with Gasteiger partial charge in [0.25, 0.3) is 0 Å². The van der Waals surface area contributed by atoms with Crippen LogP contribution < -0.4 is 4.74 Å². The molecule has 1 aliphatic rings. The molecule has 1 aromatic carbocycles. The molecule has 0 atom stereocenters. The van der Waals surface area contributed by atoms with Crippen molar-refractivity contribution in [3.63, 3.8) is 0 Å². The van der Waals surface area contributed by atoms with Gasteiger partial charge < -0.3 is 14.2 Å². The third-order valence-electron chi connectivity index (χ3n) is 3.01. The van der Waals surface area contributed by atoms with E-state index in [-0.39, 0.29) is 0 Å². The van der Waals surface area contributed by atoms with Crippen LogP contribution in [-0.2, 0) is 15.3 Å². The second kappa shape index (κ2) is 4.72. The van der Waals surface area contributed by atoms with Crippen LogP contribution in [0.3, 0.4) is 0 Å². The van der Waals surface area contributed by atoms with Crippen molar-refractivity contribution in [3.05, 3.63) is 52.2 Å². The van der Waals surface area contributed by atoms with Crippen LogP contribution in [0.4, 0.5) is 0 Å². The summed E-state index contributed by atoms with van der Waals surface area (Å²) in [4.78, 5) is 1.07. The molecule has 0 N–H and O–H groups in total.